The third-order valence-electron chi connectivity index (χ3n) is 5.04. The molecule has 1 aliphatic carbocycles. The van der Waals surface area contributed by atoms with Gasteiger partial charge < -0.3 is 13.9 Å². The van der Waals surface area contributed by atoms with Crippen LogP contribution in [0.5, 0.6) is 11.5 Å². The molecule has 0 saturated heterocycles. The van der Waals surface area contributed by atoms with Gasteiger partial charge in [0.15, 0.2) is 17.8 Å². The Labute approximate surface area is 154 Å². The largest absolute Gasteiger partial charge is 0.495 e. The Morgan fingerprint density at radius 3 is 2.73 bits per heavy atom. The predicted octanol–water partition coefficient (Wildman–Crippen LogP) is 5.44. The predicted molar refractivity (Wildman–Crippen MR) is 98.4 cm³/mol. The number of rotatable bonds is 6. The summed E-state index contributed by atoms with van der Waals surface area (Å²) in [5, 5.41) is 9.12. The van der Waals surface area contributed by atoms with Gasteiger partial charge in [-0.25, -0.2) is 4.98 Å². The molecule has 1 unspecified atom stereocenters. The minimum atomic E-state index is -0.211. The summed E-state index contributed by atoms with van der Waals surface area (Å²) in [6.45, 7) is 4.05. The Bertz CT molecular complexity index is 785. The van der Waals surface area contributed by atoms with E-state index in [1.165, 1.54) is 19.3 Å². The zero-order valence-corrected chi connectivity index (χ0v) is 15.7. The first kappa shape index (κ1) is 18.3. The Morgan fingerprint density at radius 2 is 2.08 bits per heavy atom. The van der Waals surface area contributed by atoms with Gasteiger partial charge >= 0.3 is 0 Å². The minimum Gasteiger partial charge on any atom is -0.495 e. The summed E-state index contributed by atoms with van der Waals surface area (Å²) >= 11 is 0. The molecular formula is C21H26N2O3. The second-order valence-corrected chi connectivity index (χ2v) is 6.83. The first-order valence-electron chi connectivity index (χ1n) is 9.38. The summed E-state index contributed by atoms with van der Waals surface area (Å²) in [4.78, 5) is 4.69. The van der Waals surface area contributed by atoms with E-state index in [1.54, 1.807) is 25.3 Å². The fourth-order valence-corrected chi connectivity index (χ4v) is 3.58. The number of oxazole rings is 1. The summed E-state index contributed by atoms with van der Waals surface area (Å²) in [5.74, 6) is 3.26. The lowest BCUT2D eigenvalue weighted by Crippen LogP contribution is -2.07. The zero-order chi connectivity index (χ0) is 18.5. The summed E-state index contributed by atoms with van der Waals surface area (Å²) in [5.41, 5.74) is 1.39. The first-order valence-corrected chi connectivity index (χ1v) is 9.38. The molecule has 1 heterocycles. The van der Waals surface area contributed by atoms with Gasteiger partial charge in [-0.3, -0.25) is 0 Å². The second kappa shape index (κ2) is 8.27. The van der Waals surface area contributed by atoms with E-state index in [0.29, 0.717) is 23.0 Å². The van der Waals surface area contributed by atoms with Gasteiger partial charge in [-0.1, -0.05) is 26.2 Å². The molecule has 0 N–H and O–H groups in total. The van der Waals surface area contributed by atoms with Crippen LogP contribution in [0.15, 0.2) is 22.6 Å². The van der Waals surface area contributed by atoms with Gasteiger partial charge in [0, 0.05) is 12.0 Å². The van der Waals surface area contributed by atoms with Crippen molar-refractivity contribution in [2.75, 3.05) is 7.11 Å². The fraction of sp³-hybridized carbons (Fsp3) is 0.524. The van der Waals surface area contributed by atoms with Gasteiger partial charge in [-0.2, -0.15) is 5.26 Å². The van der Waals surface area contributed by atoms with Crippen LogP contribution in [0.2, 0.25) is 0 Å². The van der Waals surface area contributed by atoms with Gasteiger partial charge in [-0.15, -0.1) is 0 Å². The van der Waals surface area contributed by atoms with E-state index in [1.807, 2.05) is 6.92 Å². The van der Waals surface area contributed by atoms with Crippen molar-refractivity contribution in [1.29, 1.82) is 5.26 Å². The van der Waals surface area contributed by atoms with Crippen molar-refractivity contribution >= 4 is 0 Å². The maximum Gasteiger partial charge on any atom is 0.197 e. The Kier molecular flexibility index (Phi) is 5.82. The van der Waals surface area contributed by atoms with Gasteiger partial charge in [0.2, 0.25) is 0 Å². The molecule has 1 aliphatic rings. The Morgan fingerprint density at radius 1 is 1.31 bits per heavy atom. The molecule has 0 spiro atoms. The molecule has 0 bridgehead atoms. The SMILES string of the molecule is CCC(Oc1ccc(C#N)c(OC)c1)c1oc(C2CCCCC2)nc1C. The third kappa shape index (κ3) is 3.85. The highest BCUT2D eigenvalue weighted by Gasteiger charge is 2.26. The number of ether oxygens (including phenoxy) is 2. The van der Waals surface area contributed by atoms with Crippen LogP contribution < -0.4 is 9.47 Å². The number of benzene rings is 1. The summed E-state index contributed by atoms with van der Waals surface area (Å²) in [7, 11) is 1.55. The fourth-order valence-electron chi connectivity index (χ4n) is 3.58. The van der Waals surface area contributed by atoms with Crippen LogP contribution >= 0.6 is 0 Å². The molecule has 3 rings (SSSR count). The topological polar surface area (TPSA) is 68.3 Å². The number of nitrogens with zero attached hydrogens (tertiary/aromatic N) is 2. The van der Waals surface area contributed by atoms with E-state index in [9.17, 15) is 0 Å². The third-order valence-corrected chi connectivity index (χ3v) is 5.04. The molecular weight excluding hydrogens is 328 g/mol. The van der Waals surface area contributed by atoms with Crippen molar-refractivity contribution in [1.82, 2.24) is 4.98 Å². The van der Waals surface area contributed by atoms with Crippen molar-refractivity contribution in [2.45, 2.75) is 64.4 Å². The number of methoxy groups -OCH3 is 1. The Balaban J connectivity index is 1.81. The van der Waals surface area contributed by atoms with Crippen LogP contribution in [-0.4, -0.2) is 12.1 Å². The van der Waals surface area contributed by atoms with Crippen molar-refractivity contribution in [3.05, 3.63) is 41.1 Å². The molecule has 1 aromatic heterocycles. The normalized spacial score (nSPS) is 16.1. The zero-order valence-electron chi connectivity index (χ0n) is 15.7. The second-order valence-electron chi connectivity index (χ2n) is 6.83. The maximum absolute atomic E-state index is 9.12. The molecule has 26 heavy (non-hydrogen) atoms. The molecule has 2 aromatic rings. The average Bonchev–Trinajstić information content (AvgIpc) is 3.08. The molecule has 5 nitrogen and oxygen atoms in total. The van der Waals surface area contributed by atoms with Gasteiger partial charge in [0.1, 0.15) is 17.6 Å². The lowest BCUT2D eigenvalue weighted by molar-refractivity contribution is 0.165. The van der Waals surface area contributed by atoms with Crippen molar-refractivity contribution in [3.8, 4) is 17.6 Å². The van der Waals surface area contributed by atoms with Crippen LogP contribution in [-0.2, 0) is 0 Å². The molecule has 1 atom stereocenters. The van der Waals surface area contributed by atoms with E-state index in [2.05, 4.69) is 13.0 Å². The lowest BCUT2D eigenvalue weighted by atomic mass is 9.89. The molecule has 0 aliphatic heterocycles. The molecule has 138 valence electrons. The maximum atomic E-state index is 9.12. The number of aryl methyl sites for hydroxylation is 1. The van der Waals surface area contributed by atoms with Crippen LogP contribution in [0, 0.1) is 18.3 Å². The average molecular weight is 354 g/mol. The molecule has 1 fully saturated rings. The summed E-state index contributed by atoms with van der Waals surface area (Å²) in [6, 6.07) is 7.36. The number of aromatic nitrogens is 1. The van der Waals surface area contributed by atoms with Crippen LogP contribution in [0.25, 0.3) is 0 Å². The molecule has 1 saturated carbocycles. The van der Waals surface area contributed by atoms with Crippen molar-refractivity contribution in [3.63, 3.8) is 0 Å². The van der Waals surface area contributed by atoms with E-state index >= 15 is 0 Å². The molecule has 5 heteroatoms. The van der Waals surface area contributed by atoms with E-state index < -0.39 is 0 Å². The van der Waals surface area contributed by atoms with Gasteiger partial charge in [0.05, 0.1) is 18.4 Å². The quantitative estimate of drug-likeness (QED) is 0.691. The first-order chi connectivity index (χ1) is 12.7. The van der Waals surface area contributed by atoms with Crippen LogP contribution in [0.1, 0.15) is 80.4 Å². The highest BCUT2D eigenvalue weighted by Crippen LogP contribution is 2.36. The number of nitriles is 1. The molecule has 0 radical (unpaired) electrons. The molecule has 0 amide bonds. The summed E-state index contributed by atoms with van der Waals surface area (Å²) in [6.07, 6.45) is 6.68. The standard InChI is InChI=1S/C21H26N2O3/c1-4-18(25-17-11-10-16(13-22)19(12-17)24-3)20-14(2)23-21(26-20)15-8-6-5-7-9-15/h10-12,15,18H,4-9H2,1-3H3. The monoisotopic (exact) mass is 354 g/mol. The van der Waals surface area contributed by atoms with Gasteiger partial charge in [0.25, 0.3) is 0 Å². The number of hydrogen-bond acceptors (Lipinski definition) is 5. The molecule has 1 aromatic carbocycles. The lowest BCUT2D eigenvalue weighted by Gasteiger charge is -2.19. The van der Waals surface area contributed by atoms with Crippen molar-refractivity contribution < 1.29 is 13.9 Å². The van der Waals surface area contributed by atoms with E-state index in [-0.39, 0.29) is 6.10 Å². The van der Waals surface area contributed by atoms with Crippen LogP contribution in [0.4, 0.5) is 0 Å². The minimum absolute atomic E-state index is 0.211. The van der Waals surface area contributed by atoms with E-state index in [0.717, 1.165) is 36.6 Å². The smallest absolute Gasteiger partial charge is 0.197 e. The highest BCUT2D eigenvalue weighted by molar-refractivity contribution is 5.47. The number of hydrogen-bond donors (Lipinski definition) is 0. The highest BCUT2D eigenvalue weighted by atomic mass is 16.5. The summed E-state index contributed by atoms with van der Waals surface area (Å²) < 4.78 is 17.6. The van der Waals surface area contributed by atoms with Gasteiger partial charge in [-0.05, 0) is 38.3 Å². The van der Waals surface area contributed by atoms with Crippen molar-refractivity contribution in [2.24, 2.45) is 0 Å². The Hall–Kier alpha value is -2.48. The van der Waals surface area contributed by atoms with Crippen LogP contribution in [0.3, 0.4) is 0 Å². The van der Waals surface area contributed by atoms with E-state index in [4.69, 9.17) is 24.1 Å².